The Labute approximate surface area is 129 Å². The first-order valence-corrected chi connectivity index (χ1v) is 8.52. The maximum atomic E-state index is 12.0. The molecule has 10 heteroatoms. The predicted octanol–water partition coefficient (Wildman–Crippen LogP) is 2.89. The molecule has 21 heavy (non-hydrogen) atoms. The molecule has 114 valence electrons. The van der Waals surface area contributed by atoms with Crippen LogP contribution in [0.2, 0.25) is 5.02 Å². The van der Waals surface area contributed by atoms with Crippen LogP contribution in [0.25, 0.3) is 0 Å². The molecule has 0 amide bonds. The van der Waals surface area contributed by atoms with Crippen molar-refractivity contribution in [2.24, 2.45) is 0 Å². The minimum atomic E-state index is -4.34. The molecule has 1 aromatic carbocycles. The molecule has 1 aliphatic carbocycles. The van der Waals surface area contributed by atoms with E-state index in [1.54, 1.807) is 0 Å². The van der Waals surface area contributed by atoms with Crippen molar-refractivity contribution in [3.05, 3.63) is 32.8 Å². The van der Waals surface area contributed by atoms with E-state index in [0.29, 0.717) is 18.9 Å². The van der Waals surface area contributed by atoms with Gasteiger partial charge in [-0.05, 0) is 19.3 Å². The molecule has 0 N–H and O–H groups in total. The third kappa shape index (κ3) is 3.45. The SMILES string of the molecule is O=C(OC1CCC1)c1cc([N+](=O)[O-])cc(S(=O)(=O)Cl)c1Cl. The molecule has 0 unspecified atom stereocenters. The van der Waals surface area contributed by atoms with E-state index in [1.807, 2.05) is 0 Å². The highest BCUT2D eigenvalue weighted by molar-refractivity contribution is 8.13. The molecule has 1 fully saturated rings. The van der Waals surface area contributed by atoms with Crippen molar-refractivity contribution in [2.75, 3.05) is 0 Å². The standard InChI is InChI=1S/C11H9Cl2NO6S/c12-10-8(11(15)20-7-2-1-3-7)4-6(14(16)17)5-9(10)21(13,18)19/h4-5,7H,1-3H2. The molecular formula is C11H9Cl2NO6S. The lowest BCUT2D eigenvalue weighted by molar-refractivity contribution is -0.385. The van der Waals surface area contributed by atoms with Crippen LogP contribution in [0.1, 0.15) is 29.6 Å². The molecule has 0 saturated heterocycles. The van der Waals surface area contributed by atoms with E-state index < -0.39 is 41.1 Å². The number of halogens is 2. The molecular weight excluding hydrogens is 345 g/mol. The highest BCUT2D eigenvalue weighted by atomic mass is 35.7. The van der Waals surface area contributed by atoms with Crippen molar-refractivity contribution in [1.29, 1.82) is 0 Å². The average Bonchev–Trinajstić information content (AvgIpc) is 2.32. The first-order chi connectivity index (χ1) is 9.70. The van der Waals surface area contributed by atoms with Crippen LogP contribution in [-0.4, -0.2) is 25.4 Å². The van der Waals surface area contributed by atoms with Crippen LogP contribution in [0, 0.1) is 10.1 Å². The summed E-state index contributed by atoms with van der Waals surface area (Å²) >= 11 is 5.82. The molecule has 0 heterocycles. The van der Waals surface area contributed by atoms with Crippen molar-refractivity contribution < 1.29 is 22.9 Å². The van der Waals surface area contributed by atoms with Gasteiger partial charge in [-0.15, -0.1) is 0 Å². The Balaban J connectivity index is 2.50. The Kier molecular flexibility index (Phi) is 4.40. The van der Waals surface area contributed by atoms with E-state index in [1.165, 1.54) is 0 Å². The summed E-state index contributed by atoms with van der Waals surface area (Å²) in [6, 6.07) is 1.57. The first-order valence-electron chi connectivity index (χ1n) is 5.83. The molecule has 1 aliphatic rings. The lowest BCUT2D eigenvalue weighted by Gasteiger charge is -2.25. The Morgan fingerprint density at radius 3 is 2.43 bits per heavy atom. The van der Waals surface area contributed by atoms with Gasteiger partial charge in [0.2, 0.25) is 0 Å². The van der Waals surface area contributed by atoms with E-state index in [0.717, 1.165) is 12.5 Å². The second-order valence-corrected chi connectivity index (χ2v) is 7.37. The van der Waals surface area contributed by atoms with Gasteiger partial charge in [0.05, 0.1) is 15.5 Å². The number of non-ortho nitro benzene ring substituents is 1. The number of hydrogen-bond donors (Lipinski definition) is 0. The molecule has 0 aromatic heterocycles. The summed E-state index contributed by atoms with van der Waals surface area (Å²) < 4.78 is 27.9. The van der Waals surface area contributed by atoms with Gasteiger partial charge in [-0.25, -0.2) is 13.2 Å². The summed E-state index contributed by atoms with van der Waals surface area (Å²) in [6.07, 6.45) is 2.03. The largest absolute Gasteiger partial charge is 0.459 e. The molecule has 0 bridgehead atoms. The smallest absolute Gasteiger partial charge is 0.340 e. The Morgan fingerprint density at radius 1 is 1.38 bits per heavy atom. The number of nitro benzene ring substituents is 1. The summed E-state index contributed by atoms with van der Waals surface area (Å²) in [4.78, 5) is 21.2. The molecule has 2 rings (SSSR count). The summed E-state index contributed by atoms with van der Waals surface area (Å²) in [5, 5.41) is 10.3. The van der Waals surface area contributed by atoms with E-state index in [-0.39, 0.29) is 6.10 Å². The summed E-state index contributed by atoms with van der Waals surface area (Å²) in [7, 11) is 0.837. The Morgan fingerprint density at radius 2 is 2.00 bits per heavy atom. The second-order valence-electron chi connectivity index (χ2n) is 4.46. The third-order valence-electron chi connectivity index (χ3n) is 3.04. The molecule has 1 aromatic rings. The lowest BCUT2D eigenvalue weighted by Crippen LogP contribution is -2.25. The van der Waals surface area contributed by atoms with Crippen molar-refractivity contribution in [3.63, 3.8) is 0 Å². The first kappa shape index (κ1) is 16.0. The highest BCUT2D eigenvalue weighted by Crippen LogP contribution is 2.34. The van der Waals surface area contributed by atoms with Crippen LogP contribution >= 0.6 is 22.3 Å². The highest BCUT2D eigenvalue weighted by Gasteiger charge is 2.29. The number of nitro groups is 1. The molecule has 7 nitrogen and oxygen atoms in total. The van der Waals surface area contributed by atoms with Gasteiger partial charge in [0.15, 0.2) is 0 Å². The number of rotatable bonds is 4. The molecule has 0 radical (unpaired) electrons. The van der Waals surface area contributed by atoms with Crippen molar-refractivity contribution in [3.8, 4) is 0 Å². The number of carbonyl (C=O) groups excluding carboxylic acids is 1. The fourth-order valence-electron chi connectivity index (χ4n) is 1.72. The van der Waals surface area contributed by atoms with Crippen molar-refractivity contribution in [1.82, 2.24) is 0 Å². The van der Waals surface area contributed by atoms with Crippen LogP contribution in [0.3, 0.4) is 0 Å². The second kappa shape index (κ2) is 5.78. The van der Waals surface area contributed by atoms with Gasteiger partial charge < -0.3 is 4.74 Å². The molecule has 0 spiro atoms. The van der Waals surface area contributed by atoms with Crippen LogP contribution in [-0.2, 0) is 13.8 Å². The Bertz CT molecular complexity index is 714. The number of ether oxygens (including phenoxy) is 1. The fourth-order valence-corrected chi connectivity index (χ4v) is 3.28. The topological polar surface area (TPSA) is 104 Å². The zero-order valence-electron chi connectivity index (χ0n) is 10.4. The minimum absolute atomic E-state index is 0.274. The van der Waals surface area contributed by atoms with Gasteiger partial charge in [0.1, 0.15) is 11.0 Å². The molecule has 1 saturated carbocycles. The summed E-state index contributed by atoms with van der Waals surface area (Å²) in [5.74, 6) is -0.907. The third-order valence-corrected chi connectivity index (χ3v) is 4.91. The minimum Gasteiger partial charge on any atom is -0.459 e. The monoisotopic (exact) mass is 353 g/mol. The Hall–Kier alpha value is -1.38. The lowest BCUT2D eigenvalue weighted by atomic mass is 9.96. The van der Waals surface area contributed by atoms with E-state index in [4.69, 9.17) is 27.0 Å². The van der Waals surface area contributed by atoms with Gasteiger partial charge in [0.25, 0.3) is 14.7 Å². The van der Waals surface area contributed by atoms with Crippen LogP contribution in [0.15, 0.2) is 17.0 Å². The van der Waals surface area contributed by atoms with E-state index in [2.05, 4.69) is 0 Å². The van der Waals surface area contributed by atoms with Gasteiger partial charge in [-0.1, -0.05) is 11.6 Å². The fraction of sp³-hybridized carbons (Fsp3) is 0.364. The molecule has 0 atom stereocenters. The summed E-state index contributed by atoms with van der Waals surface area (Å²) in [5.41, 5.74) is -1.00. The van der Waals surface area contributed by atoms with Crippen molar-refractivity contribution >= 4 is 43.0 Å². The zero-order chi connectivity index (χ0) is 15.8. The van der Waals surface area contributed by atoms with Gasteiger partial charge in [-0.3, -0.25) is 10.1 Å². The van der Waals surface area contributed by atoms with E-state index in [9.17, 15) is 23.3 Å². The van der Waals surface area contributed by atoms with Gasteiger partial charge in [0, 0.05) is 22.8 Å². The maximum Gasteiger partial charge on any atom is 0.340 e. The summed E-state index contributed by atoms with van der Waals surface area (Å²) in [6.45, 7) is 0. The maximum absolute atomic E-state index is 12.0. The number of hydrogen-bond acceptors (Lipinski definition) is 6. The van der Waals surface area contributed by atoms with Gasteiger partial charge >= 0.3 is 5.97 Å². The van der Waals surface area contributed by atoms with Crippen LogP contribution in [0.4, 0.5) is 5.69 Å². The van der Waals surface area contributed by atoms with Crippen LogP contribution < -0.4 is 0 Å². The molecule has 0 aliphatic heterocycles. The zero-order valence-corrected chi connectivity index (χ0v) is 12.7. The predicted molar refractivity (Wildman–Crippen MR) is 74.2 cm³/mol. The number of benzene rings is 1. The van der Waals surface area contributed by atoms with Crippen LogP contribution in [0.5, 0.6) is 0 Å². The average molecular weight is 354 g/mol. The number of carbonyl (C=O) groups is 1. The normalized spacial score (nSPS) is 15.3. The quantitative estimate of drug-likeness (QED) is 0.356. The van der Waals surface area contributed by atoms with Crippen molar-refractivity contribution in [2.45, 2.75) is 30.3 Å². The van der Waals surface area contributed by atoms with E-state index >= 15 is 0 Å². The van der Waals surface area contributed by atoms with Gasteiger partial charge in [-0.2, -0.15) is 0 Å². The number of esters is 1. The number of nitrogens with zero attached hydrogens (tertiary/aromatic N) is 1.